The molecule has 2 unspecified atom stereocenters. The summed E-state index contributed by atoms with van der Waals surface area (Å²) >= 11 is 2.09. The number of nitrogens with one attached hydrogen (secondary N) is 1. The molecule has 0 aromatic heterocycles. The zero-order valence-electron chi connectivity index (χ0n) is 10.3. The molecule has 1 saturated heterocycles. The van der Waals surface area contributed by atoms with Crippen LogP contribution < -0.4 is 5.32 Å². The van der Waals surface area contributed by atoms with Crippen molar-refractivity contribution in [3.05, 3.63) is 35.4 Å². The standard InChI is InChI=1S/C15H21NS/c1-2-7-15-12(4-1)5-3-6-13(15)10-16-14-8-9-17-11-14/h1-2,4,7,13-14,16H,3,5-6,8-11H2. The van der Waals surface area contributed by atoms with Crippen LogP contribution in [0.5, 0.6) is 0 Å². The number of rotatable bonds is 3. The lowest BCUT2D eigenvalue weighted by Gasteiger charge is -2.27. The van der Waals surface area contributed by atoms with Crippen LogP contribution in [-0.2, 0) is 6.42 Å². The van der Waals surface area contributed by atoms with Gasteiger partial charge < -0.3 is 5.32 Å². The monoisotopic (exact) mass is 247 g/mol. The summed E-state index contributed by atoms with van der Waals surface area (Å²) in [5, 5.41) is 3.77. The molecule has 1 N–H and O–H groups in total. The van der Waals surface area contributed by atoms with Crippen molar-refractivity contribution in [2.75, 3.05) is 18.1 Å². The minimum Gasteiger partial charge on any atom is -0.313 e. The molecule has 0 bridgehead atoms. The van der Waals surface area contributed by atoms with Crippen molar-refractivity contribution >= 4 is 11.8 Å². The third-order valence-electron chi connectivity index (χ3n) is 4.08. The fourth-order valence-corrected chi connectivity index (χ4v) is 4.26. The maximum absolute atomic E-state index is 3.77. The second kappa shape index (κ2) is 5.45. The number of benzene rings is 1. The molecule has 0 radical (unpaired) electrons. The molecular weight excluding hydrogens is 226 g/mol. The van der Waals surface area contributed by atoms with Gasteiger partial charge in [-0.25, -0.2) is 0 Å². The maximum Gasteiger partial charge on any atom is 0.0166 e. The van der Waals surface area contributed by atoms with E-state index in [1.807, 2.05) is 0 Å². The summed E-state index contributed by atoms with van der Waals surface area (Å²) < 4.78 is 0. The first kappa shape index (κ1) is 11.6. The van der Waals surface area contributed by atoms with E-state index in [0.717, 1.165) is 12.0 Å². The predicted molar refractivity (Wildman–Crippen MR) is 75.9 cm³/mol. The Kier molecular flexibility index (Phi) is 3.72. The van der Waals surface area contributed by atoms with Crippen LogP contribution in [0, 0.1) is 0 Å². The highest BCUT2D eigenvalue weighted by Gasteiger charge is 2.21. The topological polar surface area (TPSA) is 12.0 Å². The summed E-state index contributed by atoms with van der Waals surface area (Å²) in [4.78, 5) is 0. The van der Waals surface area contributed by atoms with Gasteiger partial charge in [-0.1, -0.05) is 24.3 Å². The van der Waals surface area contributed by atoms with Crippen molar-refractivity contribution in [1.82, 2.24) is 5.32 Å². The van der Waals surface area contributed by atoms with Crippen molar-refractivity contribution in [2.24, 2.45) is 0 Å². The van der Waals surface area contributed by atoms with Gasteiger partial charge in [0.25, 0.3) is 0 Å². The molecule has 1 nitrogen and oxygen atoms in total. The van der Waals surface area contributed by atoms with Crippen molar-refractivity contribution in [2.45, 2.75) is 37.6 Å². The highest BCUT2D eigenvalue weighted by molar-refractivity contribution is 7.99. The number of hydrogen-bond donors (Lipinski definition) is 1. The van der Waals surface area contributed by atoms with Crippen LogP contribution in [-0.4, -0.2) is 24.1 Å². The number of hydrogen-bond acceptors (Lipinski definition) is 2. The van der Waals surface area contributed by atoms with E-state index in [0.29, 0.717) is 0 Å². The molecule has 0 spiro atoms. The van der Waals surface area contributed by atoms with E-state index in [9.17, 15) is 0 Å². The molecule has 2 heteroatoms. The molecular formula is C15H21NS. The van der Waals surface area contributed by atoms with Crippen LogP contribution in [0.25, 0.3) is 0 Å². The van der Waals surface area contributed by atoms with Gasteiger partial charge in [-0.05, 0) is 48.5 Å². The van der Waals surface area contributed by atoms with E-state index in [1.54, 1.807) is 11.1 Å². The molecule has 2 aliphatic rings. The highest BCUT2D eigenvalue weighted by Crippen LogP contribution is 2.31. The lowest BCUT2D eigenvalue weighted by Crippen LogP contribution is -2.33. The van der Waals surface area contributed by atoms with Gasteiger partial charge in [-0.3, -0.25) is 0 Å². The molecule has 1 aromatic rings. The molecule has 0 saturated carbocycles. The fourth-order valence-electron chi connectivity index (χ4n) is 3.07. The second-order valence-corrected chi connectivity index (χ2v) is 6.41. The Balaban J connectivity index is 1.64. The van der Waals surface area contributed by atoms with Crippen molar-refractivity contribution in [3.63, 3.8) is 0 Å². The first-order valence-electron chi connectivity index (χ1n) is 6.82. The predicted octanol–water partition coefficient (Wildman–Crippen LogP) is 3.20. The van der Waals surface area contributed by atoms with E-state index in [4.69, 9.17) is 0 Å². The first-order chi connectivity index (χ1) is 8.43. The Hall–Kier alpha value is -0.470. The van der Waals surface area contributed by atoms with Gasteiger partial charge in [-0.15, -0.1) is 0 Å². The third-order valence-corrected chi connectivity index (χ3v) is 5.24. The average Bonchev–Trinajstić information content (AvgIpc) is 2.89. The summed E-state index contributed by atoms with van der Waals surface area (Å²) in [6.45, 7) is 1.18. The van der Waals surface area contributed by atoms with Crippen LogP contribution in [0.1, 0.15) is 36.3 Å². The van der Waals surface area contributed by atoms with Gasteiger partial charge in [0, 0.05) is 18.3 Å². The molecule has 1 heterocycles. The Labute approximate surface area is 108 Å². The minimum atomic E-state index is 0.755. The number of fused-ring (bicyclic) bond motifs is 1. The van der Waals surface area contributed by atoms with Crippen molar-refractivity contribution in [3.8, 4) is 0 Å². The van der Waals surface area contributed by atoms with Crippen molar-refractivity contribution in [1.29, 1.82) is 0 Å². The van der Waals surface area contributed by atoms with E-state index < -0.39 is 0 Å². The zero-order chi connectivity index (χ0) is 11.5. The molecule has 92 valence electrons. The highest BCUT2D eigenvalue weighted by atomic mass is 32.2. The second-order valence-electron chi connectivity index (χ2n) is 5.26. The Bertz CT molecular complexity index is 371. The molecule has 1 fully saturated rings. The lowest BCUT2D eigenvalue weighted by molar-refractivity contribution is 0.469. The van der Waals surface area contributed by atoms with E-state index >= 15 is 0 Å². The van der Waals surface area contributed by atoms with Crippen LogP contribution in [0.2, 0.25) is 0 Å². The molecule has 0 amide bonds. The van der Waals surface area contributed by atoms with E-state index in [2.05, 4.69) is 41.3 Å². The van der Waals surface area contributed by atoms with Gasteiger partial charge in [0.1, 0.15) is 0 Å². The largest absolute Gasteiger partial charge is 0.313 e. The van der Waals surface area contributed by atoms with Gasteiger partial charge in [0.15, 0.2) is 0 Å². The molecule has 17 heavy (non-hydrogen) atoms. The molecule has 1 aromatic carbocycles. The maximum atomic E-state index is 3.77. The van der Waals surface area contributed by atoms with Crippen LogP contribution in [0.4, 0.5) is 0 Å². The lowest BCUT2D eigenvalue weighted by atomic mass is 9.83. The first-order valence-corrected chi connectivity index (χ1v) is 7.98. The molecule has 3 rings (SSSR count). The fraction of sp³-hybridized carbons (Fsp3) is 0.600. The third kappa shape index (κ3) is 2.69. The summed E-state index contributed by atoms with van der Waals surface area (Å²) in [7, 11) is 0. The summed E-state index contributed by atoms with van der Waals surface area (Å²) in [6.07, 6.45) is 5.37. The van der Waals surface area contributed by atoms with E-state index in [-0.39, 0.29) is 0 Å². The summed E-state index contributed by atoms with van der Waals surface area (Å²) in [5.74, 6) is 3.42. The number of aryl methyl sites for hydroxylation is 1. The zero-order valence-corrected chi connectivity index (χ0v) is 11.1. The number of thioether (sulfide) groups is 1. The molecule has 1 aliphatic heterocycles. The smallest absolute Gasteiger partial charge is 0.0166 e. The summed E-state index contributed by atoms with van der Waals surface area (Å²) in [6, 6.07) is 9.80. The normalized spacial score (nSPS) is 28.0. The van der Waals surface area contributed by atoms with E-state index in [1.165, 1.54) is 43.7 Å². The minimum absolute atomic E-state index is 0.755. The van der Waals surface area contributed by atoms with Gasteiger partial charge >= 0.3 is 0 Å². The average molecular weight is 247 g/mol. The Morgan fingerprint density at radius 2 is 2.18 bits per heavy atom. The van der Waals surface area contributed by atoms with Crippen LogP contribution >= 0.6 is 11.8 Å². The van der Waals surface area contributed by atoms with Crippen LogP contribution in [0.3, 0.4) is 0 Å². The van der Waals surface area contributed by atoms with Gasteiger partial charge in [0.2, 0.25) is 0 Å². The van der Waals surface area contributed by atoms with Crippen molar-refractivity contribution < 1.29 is 0 Å². The summed E-state index contributed by atoms with van der Waals surface area (Å²) in [5.41, 5.74) is 3.20. The van der Waals surface area contributed by atoms with Gasteiger partial charge in [0.05, 0.1) is 0 Å². The Morgan fingerprint density at radius 3 is 3.06 bits per heavy atom. The molecule has 1 aliphatic carbocycles. The Morgan fingerprint density at radius 1 is 1.24 bits per heavy atom. The SMILES string of the molecule is c1ccc2c(c1)CCCC2CNC1CCSC1. The van der Waals surface area contributed by atoms with Gasteiger partial charge in [-0.2, -0.15) is 11.8 Å². The quantitative estimate of drug-likeness (QED) is 0.880. The molecule has 2 atom stereocenters. The van der Waals surface area contributed by atoms with Crippen LogP contribution in [0.15, 0.2) is 24.3 Å².